The summed E-state index contributed by atoms with van der Waals surface area (Å²) in [6, 6.07) is 7.24. The number of hydrogen-bond acceptors (Lipinski definition) is 7. The number of carbonyl (C=O) groups excluding carboxylic acids is 1. The van der Waals surface area contributed by atoms with Crippen molar-refractivity contribution in [1.82, 2.24) is 24.6 Å². The van der Waals surface area contributed by atoms with E-state index in [1.807, 2.05) is 32.2 Å². The summed E-state index contributed by atoms with van der Waals surface area (Å²) in [5.74, 6) is 0.842. The van der Waals surface area contributed by atoms with Crippen LogP contribution in [0, 0.1) is 12.7 Å². The Balaban J connectivity index is 1.23. The van der Waals surface area contributed by atoms with Gasteiger partial charge in [-0.3, -0.25) is 14.5 Å². The van der Waals surface area contributed by atoms with Gasteiger partial charge in [-0.05, 0) is 60.9 Å². The number of nitrogens with one attached hydrogen (secondary N) is 2. The number of hydrogen-bond donors (Lipinski definition) is 3. The highest BCUT2D eigenvalue weighted by Crippen LogP contribution is 2.50. The fraction of sp³-hybridized carbons (Fsp3) is 0.357. The summed E-state index contributed by atoms with van der Waals surface area (Å²) in [5, 5.41) is 22.7. The van der Waals surface area contributed by atoms with Crippen molar-refractivity contribution in [2.75, 3.05) is 30.8 Å². The fourth-order valence-electron chi connectivity index (χ4n) is 5.89. The number of aliphatic hydroxyl groups is 1. The molecule has 1 unspecified atom stereocenters. The van der Waals surface area contributed by atoms with Gasteiger partial charge in [-0.1, -0.05) is 0 Å². The van der Waals surface area contributed by atoms with Crippen LogP contribution in [-0.4, -0.2) is 55.8 Å². The average Bonchev–Trinajstić information content (AvgIpc) is 3.57. The number of fused-ring (bicyclic) bond motifs is 4. The third-order valence-electron chi connectivity index (χ3n) is 8.18. The number of aromatic nitrogens is 4. The van der Waals surface area contributed by atoms with Gasteiger partial charge in [-0.15, -0.1) is 0 Å². The van der Waals surface area contributed by atoms with E-state index in [0.29, 0.717) is 53.2 Å². The lowest BCUT2D eigenvalue weighted by molar-refractivity contribution is -0.130. The van der Waals surface area contributed by atoms with Crippen LogP contribution >= 0.6 is 0 Å². The molecule has 1 aliphatic carbocycles. The lowest BCUT2D eigenvalue weighted by Gasteiger charge is -2.25. The molecule has 0 saturated heterocycles. The van der Waals surface area contributed by atoms with Gasteiger partial charge in [0.25, 0.3) is 0 Å². The molecule has 2 aliphatic heterocycles. The third-order valence-corrected chi connectivity index (χ3v) is 8.18. The first-order valence-electron chi connectivity index (χ1n) is 12.9. The first-order chi connectivity index (χ1) is 18.3. The van der Waals surface area contributed by atoms with Gasteiger partial charge in [-0.25, -0.2) is 9.37 Å². The predicted octanol–water partition coefficient (Wildman–Crippen LogP) is 4.04. The van der Waals surface area contributed by atoms with E-state index in [9.17, 15) is 9.90 Å². The van der Waals surface area contributed by atoms with Crippen LogP contribution < -0.4 is 10.6 Å². The van der Waals surface area contributed by atoms with Crippen LogP contribution in [0.3, 0.4) is 0 Å². The van der Waals surface area contributed by atoms with Crippen LogP contribution in [0.1, 0.15) is 42.3 Å². The topological polar surface area (TPSA) is 108 Å². The lowest BCUT2D eigenvalue weighted by atomic mass is 9.95. The van der Waals surface area contributed by atoms with Crippen molar-refractivity contribution in [2.24, 2.45) is 0 Å². The van der Waals surface area contributed by atoms with E-state index >= 15 is 4.39 Å². The maximum absolute atomic E-state index is 15.2. The average molecular weight is 514 g/mol. The molecular weight excluding hydrogens is 485 g/mol. The minimum Gasteiger partial charge on any atom is -0.387 e. The lowest BCUT2D eigenvalue weighted by Crippen LogP contribution is -2.32. The Bertz CT molecular complexity index is 1630. The maximum Gasteiger partial charge on any atom is 0.244 e. The largest absolute Gasteiger partial charge is 0.387 e. The SMILES string of the molecule is Cc1c(-c2cc(F)c3cnc(Nc4cc5n(n4)CC(=O)N(C)CC54CC4)cc3c2)cnc2c1NCCC2O. The molecule has 1 fully saturated rings. The summed E-state index contributed by atoms with van der Waals surface area (Å²) in [6.45, 7) is 3.55. The zero-order valence-corrected chi connectivity index (χ0v) is 21.3. The van der Waals surface area contributed by atoms with Crippen molar-refractivity contribution in [2.45, 2.75) is 44.2 Å². The van der Waals surface area contributed by atoms with Crippen molar-refractivity contribution in [1.29, 1.82) is 0 Å². The summed E-state index contributed by atoms with van der Waals surface area (Å²) in [4.78, 5) is 23.2. The molecule has 194 valence electrons. The number of carbonyl (C=O) groups is 1. The van der Waals surface area contributed by atoms with E-state index in [-0.39, 0.29) is 23.7 Å². The molecule has 1 aromatic carbocycles. The van der Waals surface area contributed by atoms with Crippen LogP contribution in [-0.2, 0) is 16.8 Å². The van der Waals surface area contributed by atoms with Gasteiger partial charge in [0.15, 0.2) is 5.82 Å². The minimum absolute atomic E-state index is 0.0195. The van der Waals surface area contributed by atoms with Crippen molar-refractivity contribution < 1.29 is 14.3 Å². The molecule has 1 saturated carbocycles. The van der Waals surface area contributed by atoms with Gasteiger partial charge in [0.05, 0.1) is 17.5 Å². The normalized spacial score (nSPS) is 19.6. The number of aliphatic hydroxyl groups excluding tert-OH is 1. The van der Waals surface area contributed by atoms with Gasteiger partial charge in [0.2, 0.25) is 5.91 Å². The molecule has 4 aromatic rings. The predicted molar refractivity (Wildman–Crippen MR) is 142 cm³/mol. The van der Waals surface area contributed by atoms with Crippen LogP contribution in [0.4, 0.5) is 21.7 Å². The van der Waals surface area contributed by atoms with E-state index in [4.69, 9.17) is 0 Å². The van der Waals surface area contributed by atoms with Crippen molar-refractivity contribution in [3.63, 3.8) is 0 Å². The van der Waals surface area contributed by atoms with Crippen LogP contribution in [0.25, 0.3) is 21.9 Å². The molecular formula is C28H28FN7O2. The van der Waals surface area contributed by atoms with E-state index in [1.165, 1.54) is 12.3 Å². The standard InChI is InChI=1S/C28H28FN7O2/c1-15-18(11-32-27-21(37)3-6-30-26(15)27)16-7-17-9-23(31-12-19(17)20(29)8-16)33-24-10-22-28(4-5-28)14-35(2)25(38)13-36(22)34-24/h7-12,21,30,37H,3-6,13-14H2,1-2H3,(H,31,33,34). The van der Waals surface area contributed by atoms with Gasteiger partial charge in [0, 0.05) is 60.7 Å². The number of likely N-dealkylation sites (N-methyl/N-ethyl adjacent to an activating group) is 1. The molecule has 1 amide bonds. The first kappa shape index (κ1) is 23.1. The van der Waals surface area contributed by atoms with E-state index in [2.05, 4.69) is 25.7 Å². The number of benzene rings is 1. The molecule has 1 atom stereocenters. The number of anilines is 3. The van der Waals surface area contributed by atoms with Crippen molar-refractivity contribution in [3.8, 4) is 11.1 Å². The number of halogens is 1. The Kier molecular flexibility index (Phi) is 5.00. The first-order valence-corrected chi connectivity index (χ1v) is 12.9. The van der Waals surface area contributed by atoms with Crippen molar-refractivity contribution >= 4 is 34.0 Å². The minimum atomic E-state index is -0.598. The van der Waals surface area contributed by atoms with Gasteiger partial charge in [0.1, 0.15) is 18.2 Å². The van der Waals surface area contributed by atoms with E-state index < -0.39 is 6.10 Å². The fourth-order valence-corrected chi connectivity index (χ4v) is 5.89. The Labute approximate surface area is 218 Å². The molecule has 0 radical (unpaired) electrons. The molecule has 38 heavy (non-hydrogen) atoms. The number of rotatable bonds is 3. The summed E-state index contributed by atoms with van der Waals surface area (Å²) in [6.07, 6.45) is 5.32. The zero-order chi connectivity index (χ0) is 26.2. The highest BCUT2D eigenvalue weighted by molar-refractivity contribution is 5.90. The third kappa shape index (κ3) is 3.62. The summed E-state index contributed by atoms with van der Waals surface area (Å²) in [7, 11) is 1.85. The monoisotopic (exact) mass is 513 g/mol. The van der Waals surface area contributed by atoms with Gasteiger partial charge < -0.3 is 20.6 Å². The molecule has 3 aromatic heterocycles. The molecule has 9 nitrogen and oxygen atoms in total. The Morgan fingerprint density at radius 1 is 1.16 bits per heavy atom. The Hall–Kier alpha value is -4.05. The highest BCUT2D eigenvalue weighted by Gasteiger charge is 2.50. The molecule has 10 heteroatoms. The Morgan fingerprint density at radius 3 is 2.82 bits per heavy atom. The second-order valence-electron chi connectivity index (χ2n) is 10.8. The maximum atomic E-state index is 15.2. The quantitative estimate of drug-likeness (QED) is 0.380. The van der Waals surface area contributed by atoms with Crippen LogP contribution in [0.2, 0.25) is 0 Å². The molecule has 1 spiro atoms. The molecule has 7 rings (SSSR count). The molecule has 3 aliphatic rings. The molecule has 3 N–H and O–H groups in total. The van der Waals surface area contributed by atoms with E-state index in [0.717, 1.165) is 35.3 Å². The number of nitrogens with zero attached hydrogens (tertiary/aromatic N) is 5. The highest BCUT2D eigenvalue weighted by atomic mass is 19.1. The molecule has 5 heterocycles. The smallest absolute Gasteiger partial charge is 0.244 e. The summed E-state index contributed by atoms with van der Waals surface area (Å²) in [5.41, 5.74) is 4.93. The summed E-state index contributed by atoms with van der Waals surface area (Å²) >= 11 is 0. The Morgan fingerprint density at radius 2 is 2.00 bits per heavy atom. The number of amides is 1. The van der Waals surface area contributed by atoms with Gasteiger partial charge >= 0.3 is 0 Å². The van der Waals surface area contributed by atoms with Crippen LogP contribution in [0.15, 0.2) is 36.7 Å². The summed E-state index contributed by atoms with van der Waals surface area (Å²) < 4.78 is 17.0. The second kappa shape index (κ2) is 8.22. The second-order valence-corrected chi connectivity index (χ2v) is 10.8. The zero-order valence-electron chi connectivity index (χ0n) is 21.3. The van der Waals surface area contributed by atoms with Crippen LogP contribution in [0.5, 0.6) is 0 Å². The van der Waals surface area contributed by atoms with Crippen molar-refractivity contribution in [3.05, 3.63) is 59.4 Å². The van der Waals surface area contributed by atoms with E-state index in [1.54, 1.807) is 15.8 Å². The van der Waals surface area contributed by atoms with Gasteiger partial charge in [-0.2, -0.15) is 5.10 Å². The molecule has 0 bridgehead atoms. The number of pyridine rings is 2.